The summed E-state index contributed by atoms with van der Waals surface area (Å²) in [4.78, 5) is 29.7. The zero-order valence-electron chi connectivity index (χ0n) is 17.2. The average Bonchev–Trinajstić information content (AvgIpc) is 3.30. The molecule has 1 unspecified atom stereocenters. The van der Waals surface area contributed by atoms with E-state index in [0.717, 1.165) is 22.0 Å². The Morgan fingerprint density at radius 2 is 1.94 bits per heavy atom. The van der Waals surface area contributed by atoms with E-state index in [2.05, 4.69) is 4.98 Å². The Morgan fingerprint density at radius 3 is 2.78 bits per heavy atom. The Labute approximate surface area is 183 Å². The standard InChI is InChI=1S/C26H18N2O4/c1-28-14-16(17-6-2-3-7-20(17)28)11-22-25(30)18-8-9-21-24(26(18)32-22)19(12-23(29)31-21)15-5-4-10-27-13-15/h2-11,13-14,19H,12H2,1H3/b22-11-. The second-order valence-electron chi connectivity index (χ2n) is 8.02. The van der Waals surface area contributed by atoms with Crippen LogP contribution in [0, 0.1) is 0 Å². The van der Waals surface area contributed by atoms with Crippen molar-refractivity contribution in [2.45, 2.75) is 12.3 Å². The molecule has 0 fully saturated rings. The van der Waals surface area contributed by atoms with E-state index in [9.17, 15) is 9.59 Å². The molecule has 4 heterocycles. The van der Waals surface area contributed by atoms with Gasteiger partial charge in [-0.15, -0.1) is 0 Å². The van der Waals surface area contributed by atoms with Crippen LogP contribution in [-0.2, 0) is 11.8 Å². The number of allylic oxidation sites excluding steroid dienone is 1. The summed E-state index contributed by atoms with van der Waals surface area (Å²) in [6.07, 6.45) is 7.34. The zero-order valence-corrected chi connectivity index (χ0v) is 17.2. The molecule has 6 nitrogen and oxygen atoms in total. The van der Waals surface area contributed by atoms with Crippen LogP contribution in [0.5, 0.6) is 11.5 Å². The normalized spacial score (nSPS) is 18.4. The second-order valence-corrected chi connectivity index (χ2v) is 8.02. The molecule has 0 radical (unpaired) electrons. The molecule has 6 rings (SSSR count). The number of Topliss-reactive ketones (excluding diaryl/α,β-unsaturated/α-hetero) is 1. The van der Waals surface area contributed by atoms with Gasteiger partial charge in [0.05, 0.1) is 12.0 Å². The highest BCUT2D eigenvalue weighted by molar-refractivity contribution is 6.15. The molecule has 0 spiro atoms. The van der Waals surface area contributed by atoms with Gasteiger partial charge in [-0.2, -0.15) is 0 Å². The molecule has 0 amide bonds. The first-order valence-corrected chi connectivity index (χ1v) is 10.4. The van der Waals surface area contributed by atoms with Gasteiger partial charge in [0.15, 0.2) is 5.76 Å². The van der Waals surface area contributed by atoms with Crippen molar-refractivity contribution in [3.8, 4) is 11.5 Å². The molecular weight excluding hydrogens is 404 g/mol. The Morgan fingerprint density at radius 1 is 1.06 bits per heavy atom. The number of pyridine rings is 1. The van der Waals surface area contributed by atoms with Gasteiger partial charge in [-0.1, -0.05) is 24.3 Å². The first-order chi connectivity index (χ1) is 15.6. The van der Waals surface area contributed by atoms with Crippen molar-refractivity contribution in [2.24, 2.45) is 7.05 Å². The second kappa shape index (κ2) is 6.92. The van der Waals surface area contributed by atoms with E-state index < -0.39 is 0 Å². The van der Waals surface area contributed by atoms with Crippen molar-refractivity contribution in [3.05, 3.63) is 95.1 Å². The summed E-state index contributed by atoms with van der Waals surface area (Å²) in [6, 6.07) is 15.1. The lowest BCUT2D eigenvalue weighted by Crippen LogP contribution is -2.21. The van der Waals surface area contributed by atoms with Crippen molar-refractivity contribution >= 4 is 28.7 Å². The lowest BCUT2D eigenvalue weighted by Gasteiger charge is -2.26. The molecule has 0 N–H and O–H groups in total. The van der Waals surface area contributed by atoms with E-state index in [0.29, 0.717) is 22.6 Å². The number of benzene rings is 2. The molecule has 2 aliphatic heterocycles. The van der Waals surface area contributed by atoms with Crippen molar-refractivity contribution in [1.29, 1.82) is 0 Å². The Hall–Kier alpha value is -4.19. The van der Waals surface area contributed by atoms with Crippen LogP contribution in [0.15, 0.2) is 72.9 Å². The molecule has 6 heteroatoms. The highest BCUT2D eigenvalue weighted by Gasteiger charge is 2.38. The molecule has 1 atom stereocenters. The first kappa shape index (κ1) is 18.6. The van der Waals surface area contributed by atoms with Gasteiger partial charge in [0.2, 0.25) is 5.78 Å². The molecule has 2 aromatic heterocycles. The maximum absolute atomic E-state index is 13.2. The molecule has 2 aromatic carbocycles. The zero-order chi connectivity index (χ0) is 21.8. The summed E-state index contributed by atoms with van der Waals surface area (Å²) in [6.45, 7) is 0. The van der Waals surface area contributed by atoms with Crippen LogP contribution in [0.25, 0.3) is 17.0 Å². The van der Waals surface area contributed by atoms with E-state index in [-0.39, 0.29) is 29.9 Å². The SMILES string of the molecule is Cn1cc(/C=C2\Oc3c(ccc4c3C(c3cccnc3)CC(=O)O4)C2=O)c2ccccc21. The van der Waals surface area contributed by atoms with Crippen molar-refractivity contribution < 1.29 is 19.1 Å². The lowest BCUT2D eigenvalue weighted by molar-refractivity contribution is -0.135. The van der Waals surface area contributed by atoms with Crippen molar-refractivity contribution in [3.63, 3.8) is 0 Å². The van der Waals surface area contributed by atoms with E-state index in [1.54, 1.807) is 30.6 Å². The van der Waals surface area contributed by atoms with Gasteiger partial charge >= 0.3 is 5.97 Å². The van der Waals surface area contributed by atoms with Crippen molar-refractivity contribution in [1.82, 2.24) is 9.55 Å². The third kappa shape index (κ3) is 2.76. The minimum absolute atomic E-state index is 0.162. The number of esters is 1. The largest absolute Gasteiger partial charge is 0.452 e. The summed E-state index contributed by atoms with van der Waals surface area (Å²) in [5, 5.41) is 1.04. The number of para-hydroxylation sites is 1. The number of hydrogen-bond donors (Lipinski definition) is 0. The van der Waals surface area contributed by atoms with E-state index in [1.165, 1.54) is 0 Å². The third-order valence-corrected chi connectivity index (χ3v) is 6.08. The summed E-state index contributed by atoms with van der Waals surface area (Å²) in [5.41, 5.74) is 4.04. The summed E-state index contributed by atoms with van der Waals surface area (Å²) < 4.78 is 13.7. The smallest absolute Gasteiger partial charge is 0.312 e. The predicted octanol–water partition coefficient (Wildman–Crippen LogP) is 4.63. The number of ketones is 1. The predicted molar refractivity (Wildman–Crippen MR) is 119 cm³/mol. The maximum Gasteiger partial charge on any atom is 0.312 e. The van der Waals surface area contributed by atoms with E-state index in [4.69, 9.17) is 9.47 Å². The minimum atomic E-state index is -0.317. The molecule has 0 saturated carbocycles. The minimum Gasteiger partial charge on any atom is -0.452 e. The van der Waals surface area contributed by atoms with Crippen LogP contribution in [0.2, 0.25) is 0 Å². The highest BCUT2D eigenvalue weighted by atomic mass is 16.5. The fraction of sp³-hybridized carbons (Fsp3) is 0.115. The lowest BCUT2D eigenvalue weighted by atomic mass is 9.85. The monoisotopic (exact) mass is 422 g/mol. The van der Waals surface area contributed by atoms with Crippen LogP contribution in [0.4, 0.5) is 0 Å². The van der Waals surface area contributed by atoms with Gasteiger partial charge in [0, 0.05) is 53.6 Å². The number of hydrogen-bond acceptors (Lipinski definition) is 5. The molecule has 0 bridgehead atoms. The summed E-state index contributed by atoms with van der Waals surface area (Å²) >= 11 is 0. The van der Waals surface area contributed by atoms with E-state index in [1.807, 2.05) is 54.2 Å². The van der Waals surface area contributed by atoms with Crippen molar-refractivity contribution in [2.75, 3.05) is 0 Å². The van der Waals surface area contributed by atoms with Gasteiger partial charge in [-0.3, -0.25) is 14.6 Å². The quantitative estimate of drug-likeness (QED) is 0.268. The average molecular weight is 422 g/mol. The molecule has 0 saturated heterocycles. The number of ether oxygens (including phenoxy) is 2. The van der Waals surface area contributed by atoms with Crippen LogP contribution in [0.3, 0.4) is 0 Å². The van der Waals surface area contributed by atoms with E-state index >= 15 is 0 Å². The molecular formula is C26H18N2O4. The van der Waals surface area contributed by atoms with Crippen LogP contribution in [0.1, 0.15) is 39.4 Å². The molecule has 156 valence electrons. The van der Waals surface area contributed by atoms with Gasteiger partial charge in [0.1, 0.15) is 11.5 Å². The number of nitrogens with zero attached hydrogens (tertiary/aromatic N) is 2. The molecule has 0 aliphatic carbocycles. The number of fused-ring (bicyclic) bond motifs is 4. The topological polar surface area (TPSA) is 70.4 Å². The Balaban J connectivity index is 1.48. The van der Waals surface area contributed by atoms with Crippen LogP contribution < -0.4 is 9.47 Å². The highest BCUT2D eigenvalue weighted by Crippen LogP contribution is 2.48. The van der Waals surface area contributed by atoms with Crippen LogP contribution >= 0.6 is 0 Å². The fourth-order valence-electron chi connectivity index (χ4n) is 4.60. The number of aromatic nitrogens is 2. The Bertz CT molecular complexity index is 1450. The Kier molecular flexibility index (Phi) is 4.01. The number of aryl methyl sites for hydroxylation is 1. The third-order valence-electron chi connectivity index (χ3n) is 6.08. The number of rotatable bonds is 2. The van der Waals surface area contributed by atoms with Gasteiger partial charge in [-0.25, -0.2) is 0 Å². The van der Waals surface area contributed by atoms with Gasteiger partial charge in [0.25, 0.3) is 0 Å². The maximum atomic E-state index is 13.2. The van der Waals surface area contributed by atoms with Crippen LogP contribution in [-0.4, -0.2) is 21.3 Å². The van der Waals surface area contributed by atoms with Gasteiger partial charge < -0.3 is 14.0 Å². The summed E-state index contributed by atoms with van der Waals surface area (Å²) in [5.74, 6) is 0.347. The molecule has 32 heavy (non-hydrogen) atoms. The number of carbonyl (C=O) groups excluding carboxylic acids is 2. The molecule has 2 aliphatic rings. The molecule has 4 aromatic rings. The fourth-order valence-corrected chi connectivity index (χ4v) is 4.60. The number of carbonyl (C=O) groups is 2. The summed E-state index contributed by atoms with van der Waals surface area (Å²) in [7, 11) is 1.97. The van der Waals surface area contributed by atoms with Gasteiger partial charge in [-0.05, 0) is 35.9 Å². The first-order valence-electron chi connectivity index (χ1n) is 10.4.